The predicted molar refractivity (Wildman–Crippen MR) is 73.8 cm³/mol. The van der Waals surface area contributed by atoms with Crippen LogP contribution >= 0.6 is 0 Å². The van der Waals surface area contributed by atoms with E-state index in [-0.39, 0.29) is 6.04 Å². The first kappa shape index (κ1) is 12.7. The number of pyridine rings is 1. The van der Waals surface area contributed by atoms with Crippen molar-refractivity contribution in [1.29, 1.82) is 0 Å². The first-order valence-corrected chi connectivity index (χ1v) is 6.28. The van der Waals surface area contributed by atoms with Crippen molar-refractivity contribution >= 4 is 0 Å². The molecule has 3 nitrogen and oxygen atoms in total. The summed E-state index contributed by atoms with van der Waals surface area (Å²) in [7, 11) is 0. The van der Waals surface area contributed by atoms with Gasteiger partial charge in [0, 0.05) is 18.3 Å². The Hall–Kier alpha value is -1.71. The molecule has 0 fully saturated rings. The molecule has 1 atom stereocenters. The molecule has 1 heterocycles. The molecule has 0 saturated heterocycles. The van der Waals surface area contributed by atoms with Crippen molar-refractivity contribution in [3.05, 3.63) is 65.5 Å². The van der Waals surface area contributed by atoms with Crippen molar-refractivity contribution < 1.29 is 0 Å². The molecule has 1 unspecified atom stereocenters. The minimum Gasteiger partial charge on any atom is -0.271 e. The van der Waals surface area contributed by atoms with Crippen molar-refractivity contribution in [3.63, 3.8) is 0 Å². The molecule has 0 radical (unpaired) electrons. The van der Waals surface area contributed by atoms with Crippen LogP contribution in [-0.2, 0) is 12.8 Å². The summed E-state index contributed by atoms with van der Waals surface area (Å²) in [6.07, 6.45) is 3.75. The molecule has 2 aromatic rings. The molecule has 0 aliphatic carbocycles. The molecule has 1 aromatic carbocycles. The molecule has 1 aromatic heterocycles. The van der Waals surface area contributed by atoms with E-state index in [2.05, 4.69) is 41.6 Å². The fourth-order valence-electron chi connectivity index (χ4n) is 1.95. The van der Waals surface area contributed by atoms with E-state index in [9.17, 15) is 0 Å². The summed E-state index contributed by atoms with van der Waals surface area (Å²) >= 11 is 0. The second kappa shape index (κ2) is 6.28. The highest BCUT2D eigenvalue weighted by molar-refractivity contribution is 5.22. The lowest BCUT2D eigenvalue weighted by Gasteiger charge is -2.15. The monoisotopic (exact) mass is 241 g/mol. The minimum absolute atomic E-state index is 0.103. The molecule has 94 valence electrons. The number of aryl methyl sites for hydroxylation is 1. The van der Waals surface area contributed by atoms with Crippen LogP contribution in [0.4, 0.5) is 0 Å². The Bertz CT molecular complexity index is 465. The second-order valence-electron chi connectivity index (χ2n) is 4.35. The fourth-order valence-corrected chi connectivity index (χ4v) is 1.95. The van der Waals surface area contributed by atoms with Gasteiger partial charge in [0.15, 0.2) is 0 Å². The zero-order valence-electron chi connectivity index (χ0n) is 10.6. The Labute approximate surface area is 108 Å². The molecule has 0 aliphatic heterocycles. The lowest BCUT2D eigenvalue weighted by Crippen LogP contribution is -2.29. The highest BCUT2D eigenvalue weighted by Crippen LogP contribution is 2.16. The lowest BCUT2D eigenvalue weighted by atomic mass is 10.0. The summed E-state index contributed by atoms with van der Waals surface area (Å²) < 4.78 is 0. The number of nitrogens with two attached hydrogens (primary N) is 1. The number of nitrogens with zero attached hydrogens (tertiary/aromatic N) is 1. The van der Waals surface area contributed by atoms with Gasteiger partial charge in [0.25, 0.3) is 0 Å². The minimum atomic E-state index is 0.103. The molecule has 3 N–H and O–H groups in total. The van der Waals surface area contributed by atoms with Crippen molar-refractivity contribution in [1.82, 2.24) is 10.4 Å². The van der Waals surface area contributed by atoms with Crippen LogP contribution in [0, 0.1) is 0 Å². The molecule has 3 heteroatoms. The van der Waals surface area contributed by atoms with Crippen LogP contribution in [0.5, 0.6) is 0 Å². The number of aromatic nitrogens is 1. The van der Waals surface area contributed by atoms with Gasteiger partial charge in [0.1, 0.15) is 0 Å². The molecule has 0 bridgehead atoms. The van der Waals surface area contributed by atoms with Crippen molar-refractivity contribution in [2.75, 3.05) is 0 Å². The smallest absolute Gasteiger partial charge is 0.0515 e. The van der Waals surface area contributed by atoms with E-state index < -0.39 is 0 Å². The summed E-state index contributed by atoms with van der Waals surface area (Å²) in [4.78, 5) is 4.47. The van der Waals surface area contributed by atoms with Gasteiger partial charge in [-0.05, 0) is 23.6 Å². The van der Waals surface area contributed by atoms with Crippen molar-refractivity contribution in [2.24, 2.45) is 5.84 Å². The quantitative estimate of drug-likeness (QED) is 0.624. The zero-order valence-corrected chi connectivity index (χ0v) is 10.6. The molecular formula is C15H19N3. The van der Waals surface area contributed by atoms with E-state index in [0.29, 0.717) is 0 Å². The van der Waals surface area contributed by atoms with Crippen LogP contribution in [0.25, 0.3) is 0 Å². The number of hydrazine groups is 1. The Morgan fingerprint density at radius 2 is 1.94 bits per heavy atom. The summed E-state index contributed by atoms with van der Waals surface area (Å²) in [5.41, 5.74) is 6.35. The van der Waals surface area contributed by atoms with Crippen LogP contribution in [0.2, 0.25) is 0 Å². The molecule has 0 spiro atoms. The van der Waals surface area contributed by atoms with Gasteiger partial charge in [-0.2, -0.15) is 0 Å². The van der Waals surface area contributed by atoms with E-state index in [4.69, 9.17) is 5.84 Å². The highest BCUT2D eigenvalue weighted by Gasteiger charge is 2.10. The van der Waals surface area contributed by atoms with Gasteiger partial charge in [0.05, 0.1) is 6.04 Å². The lowest BCUT2D eigenvalue weighted by molar-refractivity contribution is 0.546. The normalized spacial score (nSPS) is 12.3. The first-order valence-electron chi connectivity index (χ1n) is 6.28. The average Bonchev–Trinajstić information content (AvgIpc) is 2.46. The Morgan fingerprint density at radius 1 is 1.17 bits per heavy atom. The molecule has 18 heavy (non-hydrogen) atoms. The molecule has 0 aliphatic rings. The summed E-state index contributed by atoms with van der Waals surface area (Å²) in [6, 6.07) is 14.5. The van der Waals surface area contributed by atoms with Gasteiger partial charge >= 0.3 is 0 Å². The average molecular weight is 241 g/mol. The SMILES string of the molecule is CCc1ccc(CC(NN)c2ccccc2)nc1. The van der Waals surface area contributed by atoms with Crippen LogP contribution in [0.1, 0.15) is 29.8 Å². The highest BCUT2D eigenvalue weighted by atomic mass is 15.2. The van der Waals surface area contributed by atoms with Crippen LogP contribution in [-0.4, -0.2) is 4.98 Å². The van der Waals surface area contributed by atoms with Crippen molar-refractivity contribution in [3.8, 4) is 0 Å². The third kappa shape index (κ3) is 3.15. The van der Waals surface area contributed by atoms with Crippen LogP contribution < -0.4 is 11.3 Å². The van der Waals surface area contributed by atoms with E-state index in [1.165, 1.54) is 11.1 Å². The largest absolute Gasteiger partial charge is 0.271 e. The fraction of sp³-hybridized carbons (Fsp3) is 0.267. The van der Waals surface area contributed by atoms with E-state index in [1.54, 1.807) is 0 Å². The van der Waals surface area contributed by atoms with Gasteiger partial charge in [-0.15, -0.1) is 0 Å². The number of hydrogen-bond acceptors (Lipinski definition) is 3. The van der Waals surface area contributed by atoms with Gasteiger partial charge in [-0.1, -0.05) is 43.3 Å². The van der Waals surface area contributed by atoms with Gasteiger partial charge in [-0.3, -0.25) is 16.3 Å². The number of benzene rings is 1. The Balaban J connectivity index is 2.10. The van der Waals surface area contributed by atoms with Crippen molar-refractivity contribution in [2.45, 2.75) is 25.8 Å². The standard InChI is InChI=1S/C15H19N3/c1-2-12-8-9-14(17-11-12)10-15(18-16)13-6-4-3-5-7-13/h3-9,11,15,18H,2,10,16H2,1H3. The molecule has 2 rings (SSSR count). The zero-order chi connectivity index (χ0) is 12.8. The number of rotatable bonds is 5. The number of hydrogen-bond donors (Lipinski definition) is 2. The maximum atomic E-state index is 5.63. The Kier molecular flexibility index (Phi) is 4.45. The molecular weight excluding hydrogens is 222 g/mol. The maximum Gasteiger partial charge on any atom is 0.0515 e. The third-order valence-corrected chi connectivity index (χ3v) is 3.11. The van der Waals surface area contributed by atoms with E-state index in [0.717, 1.165) is 18.5 Å². The van der Waals surface area contributed by atoms with Gasteiger partial charge < -0.3 is 0 Å². The third-order valence-electron chi connectivity index (χ3n) is 3.11. The molecule has 0 amide bonds. The predicted octanol–water partition coefficient (Wildman–Crippen LogP) is 2.39. The van der Waals surface area contributed by atoms with E-state index >= 15 is 0 Å². The molecule has 0 saturated carbocycles. The van der Waals surface area contributed by atoms with Crippen LogP contribution in [0.3, 0.4) is 0 Å². The second-order valence-corrected chi connectivity index (χ2v) is 4.35. The van der Waals surface area contributed by atoms with Gasteiger partial charge in [0.2, 0.25) is 0 Å². The number of nitrogens with one attached hydrogen (secondary N) is 1. The summed E-state index contributed by atoms with van der Waals surface area (Å²) in [6.45, 7) is 2.13. The van der Waals surface area contributed by atoms with E-state index in [1.807, 2.05) is 24.4 Å². The maximum absolute atomic E-state index is 5.63. The Morgan fingerprint density at radius 3 is 2.50 bits per heavy atom. The summed E-state index contributed by atoms with van der Waals surface area (Å²) in [5.74, 6) is 5.63. The first-order chi connectivity index (χ1) is 8.83. The topological polar surface area (TPSA) is 50.9 Å². The summed E-state index contributed by atoms with van der Waals surface area (Å²) in [5, 5.41) is 0. The van der Waals surface area contributed by atoms with Crippen LogP contribution in [0.15, 0.2) is 48.7 Å². The van der Waals surface area contributed by atoms with Gasteiger partial charge in [-0.25, -0.2) is 0 Å².